The Kier molecular flexibility index (Phi) is 4.63. The van der Waals surface area contributed by atoms with E-state index in [1.807, 2.05) is 41.8 Å². The van der Waals surface area contributed by atoms with Crippen LogP contribution in [0.15, 0.2) is 56.8 Å². The summed E-state index contributed by atoms with van der Waals surface area (Å²) in [5.74, 6) is 0.169. The van der Waals surface area contributed by atoms with E-state index in [0.29, 0.717) is 17.4 Å². The van der Waals surface area contributed by atoms with Gasteiger partial charge in [0.1, 0.15) is 5.69 Å². The lowest BCUT2D eigenvalue weighted by molar-refractivity contribution is 0.0452. The Balaban J connectivity index is 1.40. The maximum Gasteiger partial charge on any atom is 0.356 e. The number of carbonyl (C=O) groups is 1. The molecule has 0 saturated carbocycles. The maximum atomic E-state index is 12.2. The van der Waals surface area contributed by atoms with Gasteiger partial charge in [-0.15, -0.1) is 11.3 Å². The van der Waals surface area contributed by atoms with Gasteiger partial charge >= 0.3 is 5.97 Å². The molecule has 3 aromatic heterocycles. The van der Waals surface area contributed by atoms with Crippen molar-refractivity contribution >= 4 is 33.2 Å². The molecule has 130 valence electrons. The lowest BCUT2D eigenvalue weighted by atomic mass is 10.1. The van der Waals surface area contributed by atoms with Gasteiger partial charge in [0, 0.05) is 10.0 Å². The molecule has 0 amide bonds. The number of thiophene rings is 1. The van der Waals surface area contributed by atoms with Gasteiger partial charge in [-0.2, -0.15) is 10.1 Å². The van der Waals surface area contributed by atoms with Crippen LogP contribution in [0.25, 0.3) is 22.0 Å². The molecule has 7 nitrogen and oxygen atoms in total. The molecule has 0 saturated heterocycles. The lowest BCUT2D eigenvalue weighted by Gasteiger charge is -1.98. The predicted octanol–water partition coefficient (Wildman–Crippen LogP) is 4.31. The van der Waals surface area contributed by atoms with Crippen LogP contribution >= 0.6 is 27.3 Å². The molecule has 4 aromatic rings. The number of esters is 1. The summed E-state index contributed by atoms with van der Waals surface area (Å²) in [6.07, 6.45) is 0. The zero-order valence-electron chi connectivity index (χ0n) is 13.2. The monoisotopic (exact) mass is 430 g/mol. The molecule has 0 aliphatic heterocycles. The van der Waals surface area contributed by atoms with Crippen molar-refractivity contribution in [1.82, 2.24) is 20.3 Å². The number of H-pyrrole nitrogens is 1. The highest BCUT2D eigenvalue weighted by molar-refractivity contribution is 9.10. The smallest absolute Gasteiger partial charge is 0.356 e. The van der Waals surface area contributed by atoms with Crippen LogP contribution in [0.5, 0.6) is 0 Å². The number of rotatable bonds is 5. The normalized spacial score (nSPS) is 10.8. The Morgan fingerprint density at radius 3 is 2.88 bits per heavy atom. The Morgan fingerprint density at radius 2 is 2.12 bits per heavy atom. The first-order chi connectivity index (χ1) is 12.7. The summed E-state index contributed by atoms with van der Waals surface area (Å²) < 4.78 is 11.3. The highest BCUT2D eigenvalue weighted by atomic mass is 79.9. The summed E-state index contributed by atoms with van der Waals surface area (Å²) >= 11 is 4.87. The highest BCUT2D eigenvalue weighted by Crippen LogP contribution is 2.23. The van der Waals surface area contributed by atoms with Crippen LogP contribution in [-0.4, -0.2) is 26.3 Å². The summed E-state index contributed by atoms with van der Waals surface area (Å²) in [5.41, 5.74) is 1.80. The largest absolute Gasteiger partial charge is 0.453 e. The third-order valence-electron chi connectivity index (χ3n) is 3.47. The predicted molar refractivity (Wildman–Crippen MR) is 98.5 cm³/mol. The third kappa shape index (κ3) is 3.58. The van der Waals surface area contributed by atoms with E-state index in [0.717, 1.165) is 14.9 Å². The van der Waals surface area contributed by atoms with Crippen molar-refractivity contribution in [1.29, 1.82) is 0 Å². The average Bonchev–Trinajstić information content (AvgIpc) is 3.41. The van der Waals surface area contributed by atoms with E-state index < -0.39 is 5.97 Å². The molecule has 1 aromatic carbocycles. The quantitative estimate of drug-likeness (QED) is 0.474. The Labute approximate surface area is 160 Å². The van der Waals surface area contributed by atoms with E-state index in [-0.39, 0.29) is 12.3 Å². The van der Waals surface area contributed by atoms with Crippen LogP contribution in [0, 0.1) is 0 Å². The fourth-order valence-electron chi connectivity index (χ4n) is 2.22. The minimum atomic E-state index is -0.539. The first kappa shape index (κ1) is 16.7. The molecule has 9 heteroatoms. The zero-order chi connectivity index (χ0) is 17.9. The van der Waals surface area contributed by atoms with E-state index in [1.165, 1.54) is 11.3 Å². The molecule has 0 spiro atoms. The molecule has 0 radical (unpaired) electrons. The number of halogens is 1. The molecule has 0 aliphatic rings. The zero-order valence-corrected chi connectivity index (χ0v) is 15.6. The SMILES string of the molecule is O=C(OCc1noc(-c2cccs2)n1)c1cc(-c2ccc(Br)cc2)n[nH]1. The minimum absolute atomic E-state index is 0.0830. The number of carbonyl (C=O) groups excluding carboxylic acids is 1. The van der Waals surface area contributed by atoms with Gasteiger partial charge in [0.2, 0.25) is 5.82 Å². The fourth-order valence-corrected chi connectivity index (χ4v) is 3.12. The maximum absolute atomic E-state index is 12.2. The van der Waals surface area contributed by atoms with Gasteiger partial charge in [0.05, 0.1) is 10.6 Å². The van der Waals surface area contributed by atoms with Crippen molar-refractivity contribution in [2.45, 2.75) is 6.61 Å². The van der Waals surface area contributed by atoms with Crippen LogP contribution in [0.2, 0.25) is 0 Å². The van der Waals surface area contributed by atoms with Gasteiger partial charge in [0.25, 0.3) is 5.89 Å². The van der Waals surface area contributed by atoms with Crippen molar-refractivity contribution < 1.29 is 14.1 Å². The summed E-state index contributed by atoms with van der Waals surface area (Å²) in [4.78, 5) is 17.2. The highest BCUT2D eigenvalue weighted by Gasteiger charge is 2.15. The van der Waals surface area contributed by atoms with Crippen molar-refractivity contribution in [3.8, 4) is 22.0 Å². The van der Waals surface area contributed by atoms with Crippen molar-refractivity contribution in [2.24, 2.45) is 0 Å². The molecule has 0 aliphatic carbocycles. The molecule has 1 N–H and O–H groups in total. The summed E-state index contributed by atoms with van der Waals surface area (Å²) in [6, 6.07) is 13.0. The minimum Gasteiger partial charge on any atom is -0.453 e. The van der Waals surface area contributed by atoms with Crippen molar-refractivity contribution in [2.75, 3.05) is 0 Å². The second-order valence-electron chi connectivity index (χ2n) is 5.24. The molecular formula is C17H11BrN4O3S. The van der Waals surface area contributed by atoms with Gasteiger partial charge in [-0.1, -0.05) is 39.3 Å². The van der Waals surface area contributed by atoms with Crippen LogP contribution in [0.1, 0.15) is 16.3 Å². The number of hydrogen-bond donors (Lipinski definition) is 1. The topological polar surface area (TPSA) is 93.9 Å². The second-order valence-corrected chi connectivity index (χ2v) is 7.11. The van der Waals surface area contributed by atoms with Crippen molar-refractivity contribution in [3.63, 3.8) is 0 Å². The van der Waals surface area contributed by atoms with Gasteiger partial charge in [-0.05, 0) is 29.6 Å². The van der Waals surface area contributed by atoms with Crippen LogP contribution < -0.4 is 0 Å². The van der Waals surface area contributed by atoms with Gasteiger partial charge in [-0.3, -0.25) is 5.10 Å². The van der Waals surface area contributed by atoms with Gasteiger partial charge in [0.15, 0.2) is 6.61 Å². The number of benzene rings is 1. The molecule has 4 rings (SSSR count). The standard InChI is InChI=1S/C17H11BrN4O3S/c18-11-5-3-10(4-6-11)12-8-13(21-20-12)17(23)24-9-15-19-16(25-22-15)14-2-1-7-26-14/h1-8H,9H2,(H,20,21). The van der Waals surface area contributed by atoms with Crippen LogP contribution in [0.3, 0.4) is 0 Å². The number of hydrogen-bond acceptors (Lipinski definition) is 7. The van der Waals surface area contributed by atoms with E-state index in [9.17, 15) is 4.79 Å². The lowest BCUT2D eigenvalue weighted by Crippen LogP contribution is -2.06. The molecule has 3 heterocycles. The Morgan fingerprint density at radius 1 is 1.27 bits per heavy atom. The fraction of sp³-hybridized carbons (Fsp3) is 0.0588. The molecule has 0 unspecified atom stereocenters. The van der Waals surface area contributed by atoms with E-state index in [1.54, 1.807) is 6.07 Å². The number of ether oxygens (including phenoxy) is 1. The second kappa shape index (κ2) is 7.22. The summed E-state index contributed by atoms with van der Waals surface area (Å²) in [5, 5.41) is 12.6. The van der Waals surface area contributed by atoms with Gasteiger partial charge < -0.3 is 9.26 Å². The van der Waals surface area contributed by atoms with Crippen LogP contribution in [0.4, 0.5) is 0 Å². The number of nitrogens with zero attached hydrogens (tertiary/aromatic N) is 3. The summed E-state index contributed by atoms with van der Waals surface area (Å²) in [6.45, 7) is -0.0830. The van der Waals surface area contributed by atoms with E-state index >= 15 is 0 Å². The Bertz CT molecular complexity index is 1020. The first-order valence-corrected chi connectivity index (χ1v) is 9.21. The van der Waals surface area contributed by atoms with Crippen LogP contribution in [-0.2, 0) is 11.3 Å². The van der Waals surface area contributed by atoms with E-state index in [2.05, 4.69) is 36.3 Å². The van der Waals surface area contributed by atoms with Crippen molar-refractivity contribution in [3.05, 3.63) is 63.8 Å². The number of aromatic amines is 1. The molecule has 0 bridgehead atoms. The first-order valence-electron chi connectivity index (χ1n) is 7.54. The third-order valence-corrected chi connectivity index (χ3v) is 4.86. The molecule has 0 fully saturated rings. The van der Waals surface area contributed by atoms with E-state index in [4.69, 9.17) is 9.26 Å². The number of aromatic nitrogens is 4. The summed E-state index contributed by atoms with van der Waals surface area (Å²) in [7, 11) is 0. The molecular weight excluding hydrogens is 420 g/mol. The Hall–Kier alpha value is -2.78. The average molecular weight is 431 g/mol. The number of nitrogens with one attached hydrogen (secondary N) is 1. The molecule has 26 heavy (non-hydrogen) atoms. The molecule has 0 atom stereocenters. The van der Waals surface area contributed by atoms with Gasteiger partial charge in [-0.25, -0.2) is 4.79 Å².